The minimum Gasteiger partial charge on any atom is -0.497 e. The fourth-order valence-electron chi connectivity index (χ4n) is 3.00. The van der Waals surface area contributed by atoms with Crippen molar-refractivity contribution in [2.24, 2.45) is 0 Å². The molecular formula is C15H21NO3. The number of nitrogens with zero attached hydrogens (tertiary/aromatic N) is 1. The van der Waals surface area contributed by atoms with Crippen molar-refractivity contribution in [3.8, 4) is 11.5 Å². The van der Waals surface area contributed by atoms with E-state index in [1.807, 2.05) is 18.2 Å². The molecule has 0 aliphatic carbocycles. The molecule has 0 amide bonds. The van der Waals surface area contributed by atoms with Crippen LogP contribution in [0, 0.1) is 0 Å². The summed E-state index contributed by atoms with van der Waals surface area (Å²) in [5.74, 6) is 1.79. The van der Waals surface area contributed by atoms with Crippen LogP contribution in [0.3, 0.4) is 0 Å². The number of morpholine rings is 1. The van der Waals surface area contributed by atoms with Crippen molar-refractivity contribution in [2.75, 3.05) is 33.4 Å². The molecule has 2 heterocycles. The average molecular weight is 263 g/mol. The first-order valence-corrected chi connectivity index (χ1v) is 7.00. The van der Waals surface area contributed by atoms with Crippen molar-refractivity contribution in [3.63, 3.8) is 0 Å². The molecule has 0 radical (unpaired) electrons. The van der Waals surface area contributed by atoms with Gasteiger partial charge in [0.15, 0.2) is 0 Å². The topological polar surface area (TPSA) is 30.9 Å². The molecule has 2 aliphatic rings. The van der Waals surface area contributed by atoms with Crippen molar-refractivity contribution in [1.29, 1.82) is 0 Å². The van der Waals surface area contributed by atoms with Gasteiger partial charge < -0.3 is 14.2 Å². The van der Waals surface area contributed by atoms with Gasteiger partial charge in [0.25, 0.3) is 0 Å². The molecule has 1 aromatic rings. The van der Waals surface area contributed by atoms with Crippen LogP contribution in [0.15, 0.2) is 18.2 Å². The van der Waals surface area contributed by atoms with Gasteiger partial charge in [-0.25, -0.2) is 0 Å². The Morgan fingerprint density at radius 2 is 2.32 bits per heavy atom. The van der Waals surface area contributed by atoms with Crippen molar-refractivity contribution in [1.82, 2.24) is 4.90 Å². The van der Waals surface area contributed by atoms with Crippen LogP contribution in [-0.4, -0.2) is 44.4 Å². The highest BCUT2D eigenvalue weighted by Gasteiger charge is 2.38. The summed E-state index contributed by atoms with van der Waals surface area (Å²) >= 11 is 0. The van der Waals surface area contributed by atoms with Crippen LogP contribution in [0.4, 0.5) is 0 Å². The first-order chi connectivity index (χ1) is 9.33. The van der Waals surface area contributed by atoms with Gasteiger partial charge in [-0.3, -0.25) is 4.90 Å². The van der Waals surface area contributed by atoms with Crippen LogP contribution in [0.1, 0.15) is 25.0 Å². The van der Waals surface area contributed by atoms with Gasteiger partial charge in [0.1, 0.15) is 24.2 Å². The molecule has 0 N–H and O–H groups in total. The van der Waals surface area contributed by atoms with E-state index in [-0.39, 0.29) is 6.10 Å². The van der Waals surface area contributed by atoms with E-state index in [1.165, 1.54) is 0 Å². The van der Waals surface area contributed by atoms with Gasteiger partial charge >= 0.3 is 0 Å². The zero-order valence-electron chi connectivity index (χ0n) is 11.6. The maximum atomic E-state index is 6.01. The highest BCUT2D eigenvalue weighted by molar-refractivity contribution is 5.44. The van der Waals surface area contributed by atoms with E-state index in [1.54, 1.807) is 7.11 Å². The molecule has 104 valence electrons. The molecule has 0 spiro atoms. The Morgan fingerprint density at radius 3 is 3.11 bits per heavy atom. The molecule has 3 rings (SSSR count). The predicted molar refractivity (Wildman–Crippen MR) is 72.8 cm³/mol. The lowest BCUT2D eigenvalue weighted by Gasteiger charge is -2.44. The van der Waals surface area contributed by atoms with E-state index in [9.17, 15) is 0 Å². The second kappa shape index (κ2) is 5.39. The third-order valence-electron chi connectivity index (χ3n) is 3.94. The predicted octanol–water partition coefficient (Wildman–Crippen LogP) is 2.24. The van der Waals surface area contributed by atoms with E-state index in [4.69, 9.17) is 14.2 Å². The molecule has 1 aromatic carbocycles. The Hall–Kier alpha value is -1.26. The molecule has 0 bridgehead atoms. The summed E-state index contributed by atoms with van der Waals surface area (Å²) in [5.41, 5.74) is 1.12. The summed E-state index contributed by atoms with van der Waals surface area (Å²) < 4.78 is 17.2. The average Bonchev–Trinajstić information content (AvgIpc) is 2.47. The molecule has 0 aromatic heterocycles. The molecule has 2 atom stereocenters. The van der Waals surface area contributed by atoms with E-state index in [2.05, 4.69) is 11.8 Å². The summed E-state index contributed by atoms with van der Waals surface area (Å²) in [7, 11) is 1.69. The van der Waals surface area contributed by atoms with Gasteiger partial charge in [-0.05, 0) is 31.2 Å². The molecule has 1 saturated heterocycles. The minimum absolute atomic E-state index is 0.110. The largest absolute Gasteiger partial charge is 0.497 e. The molecular weight excluding hydrogens is 242 g/mol. The number of rotatable bonds is 3. The molecule has 4 nitrogen and oxygen atoms in total. The monoisotopic (exact) mass is 263 g/mol. The number of fused-ring (bicyclic) bond motifs is 3. The van der Waals surface area contributed by atoms with Gasteiger partial charge in [0.2, 0.25) is 0 Å². The smallest absolute Gasteiger partial charge is 0.125 e. The highest BCUT2D eigenvalue weighted by atomic mass is 16.5. The van der Waals surface area contributed by atoms with E-state index >= 15 is 0 Å². The van der Waals surface area contributed by atoms with Gasteiger partial charge in [-0.2, -0.15) is 0 Å². The molecule has 19 heavy (non-hydrogen) atoms. The Bertz CT molecular complexity index is 447. The molecule has 4 heteroatoms. The van der Waals surface area contributed by atoms with Gasteiger partial charge in [0.05, 0.1) is 19.8 Å². The van der Waals surface area contributed by atoms with E-state index in [0.717, 1.165) is 43.2 Å². The molecule has 1 unspecified atom stereocenters. The number of ether oxygens (including phenoxy) is 3. The van der Waals surface area contributed by atoms with Crippen molar-refractivity contribution >= 4 is 0 Å². The first-order valence-electron chi connectivity index (χ1n) is 7.00. The van der Waals surface area contributed by atoms with Crippen molar-refractivity contribution < 1.29 is 14.2 Å². The third-order valence-corrected chi connectivity index (χ3v) is 3.94. The van der Waals surface area contributed by atoms with Gasteiger partial charge in [0, 0.05) is 12.1 Å². The van der Waals surface area contributed by atoms with Crippen LogP contribution in [0.25, 0.3) is 0 Å². The Balaban J connectivity index is 1.90. The maximum absolute atomic E-state index is 6.01. The number of methoxy groups -OCH3 is 1. The summed E-state index contributed by atoms with van der Waals surface area (Å²) in [5, 5.41) is 0. The molecule has 2 aliphatic heterocycles. The van der Waals surface area contributed by atoms with E-state index in [0.29, 0.717) is 12.6 Å². The van der Waals surface area contributed by atoms with Crippen LogP contribution in [0.5, 0.6) is 11.5 Å². The lowest BCUT2D eigenvalue weighted by atomic mass is 9.96. The summed E-state index contributed by atoms with van der Waals surface area (Å²) in [6, 6.07) is 6.29. The van der Waals surface area contributed by atoms with Crippen molar-refractivity contribution in [2.45, 2.75) is 25.5 Å². The van der Waals surface area contributed by atoms with Crippen LogP contribution in [0.2, 0.25) is 0 Å². The summed E-state index contributed by atoms with van der Waals surface area (Å²) in [6.07, 6.45) is 1.27. The van der Waals surface area contributed by atoms with Crippen LogP contribution >= 0.6 is 0 Å². The SMILES string of the molecule is CCCN1CCOC2c3cc(OC)ccc3OC[C@H]21. The maximum Gasteiger partial charge on any atom is 0.125 e. The number of hydrogen-bond donors (Lipinski definition) is 0. The number of benzene rings is 1. The Kier molecular flexibility index (Phi) is 3.62. The fraction of sp³-hybridized carbons (Fsp3) is 0.600. The lowest BCUT2D eigenvalue weighted by molar-refractivity contribution is -0.0956. The minimum atomic E-state index is 0.110. The molecule has 0 saturated carbocycles. The Labute approximate surface area is 114 Å². The third kappa shape index (κ3) is 2.30. The van der Waals surface area contributed by atoms with Gasteiger partial charge in [-0.15, -0.1) is 0 Å². The quantitative estimate of drug-likeness (QED) is 0.837. The Morgan fingerprint density at radius 1 is 1.42 bits per heavy atom. The summed E-state index contributed by atoms with van der Waals surface area (Å²) in [4.78, 5) is 2.48. The van der Waals surface area contributed by atoms with Gasteiger partial charge in [-0.1, -0.05) is 6.92 Å². The fourth-order valence-corrected chi connectivity index (χ4v) is 3.00. The standard InChI is InChI=1S/C15H21NO3/c1-3-6-16-7-8-18-15-12-9-11(17-2)4-5-14(12)19-10-13(15)16/h4-5,9,13,15H,3,6-8,10H2,1-2H3/t13-,15?/m1/s1. The van der Waals surface area contributed by atoms with E-state index < -0.39 is 0 Å². The zero-order valence-corrected chi connectivity index (χ0v) is 11.6. The second-order valence-electron chi connectivity index (χ2n) is 5.11. The first kappa shape index (κ1) is 12.8. The molecule has 1 fully saturated rings. The van der Waals surface area contributed by atoms with Crippen molar-refractivity contribution in [3.05, 3.63) is 23.8 Å². The normalized spacial score (nSPS) is 26.2. The summed E-state index contributed by atoms with van der Waals surface area (Å²) in [6.45, 7) is 5.82. The second-order valence-corrected chi connectivity index (χ2v) is 5.11. The van der Waals surface area contributed by atoms with Crippen LogP contribution < -0.4 is 9.47 Å². The lowest BCUT2D eigenvalue weighted by Crippen LogP contribution is -2.52. The number of hydrogen-bond acceptors (Lipinski definition) is 4. The highest BCUT2D eigenvalue weighted by Crippen LogP contribution is 2.40. The zero-order chi connectivity index (χ0) is 13.2. The van der Waals surface area contributed by atoms with Crippen LogP contribution in [-0.2, 0) is 4.74 Å².